The molecule has 0 atom stereocenters. The van der Waals surface area contributed by atoms with Gasteiger partial charge in [-0.1, -0.05) is 6.07 Å². The van der Waals surface area contributed by atoms with Gasteiger partial charge in [0.1, 0.15) is 5.82 Å². The summed E-state index contributed by atoms with van der Waals surface area (Å²) in [6.07, 6.45) is 2.66. The zero-order valence-corrected chi connectivity index (χ0v) is 6.95. The van der Waals surface area contributed by atoms with E-state index < -0.39 is 0 Å². The number of carbonyl (C=O) groups is 1. The monoisotopic (exact) mass is 162 g/mol. The van der Waals surface area contributed by atoms with Crippen LogP contribution < -0.4 is 4.90 Å². The van der Waals surface area contributed by atoms with Gasteiger partial charge in [0.2, 0.25) is 5.91 Å². The number of hydrogen-bond acceptors (Lipinski definition) is 2. The zero-order chi connectivity index (χ0) is 8.55. The number of hydrogen-bond donors (Lipinski definition) is 0. The first kappa shape index (κ1) is 7.28. The van der Waals surface area contributed by atoms with E-state index in [0.29, 0.717) is 0 Å². The molecule has 0 unspecified atom stereocenters. The first-order chi connectivity index (χ1) is 5.79. The number of fused-ring (bicyclic) bond motifs is 1. The molecular formula is C9H10N2O. The van der Waals surface area contributed by atoms with Crippen molar-refractivity contribution in [2.24, 2.45) is 0 Å². The van der Waals surface area contributed by atoms with Crippen LogP contribution in [-0.4, -0.2) is 17.4 Å². The lowest BCUT2D eigenvalue weighted by molar-refractivity contribution is -0.116. The third-order valence-corrected chi connectivity index (χ3v) is 2.11. The van der Waals surface area contributed by atoms with E-state index in [9.17, 15) is 4.79 Å². The van der Waals surface area contributed by atoms with E-state index in [1.165, 1.54) is 5.56 Å². The van der Waals surface area contributed by atoms with E-state index >= 15 is 0 Å². The largest absolute Gasteiger partial charge is 0.297 e. The lowest BCUT2D eigenvalue weighted by Crippen LogP contribution is -2.26. The standard InChI is InChI=1S/C9H10N2O/c1-7(12)11-6-4-8-3-2-5-10-9(8)11/h2-3,5H,4,6H2,1H3. The maximum Gasteiger partial charge on any atom is 0.225 e. The summed E-state index contributed by atoms with van der Waals surface area (Å²) >= 11 is 0. The number of carbonyl (C=O) groups excluding carboxylic acids is 1. The molecule has 1 aliphatic heterocycles. The number of rotatable bonds is 0. The number of aromatic nitrogens is 1. The van der Waals surface area contributed by atoms with Crippen LogP contribution in [0.3, 0.4) is 0 Å². The second kappa shape index (κ2) is 2.59. The van der Waals surface area contributed by atoms with Gasteiger partial charge in [-0.2, -0.15) is 0 Å². The maximum absolute atomic E-state index is 11.1. The first-order valence-electron chi connectivity index (χ1n) is 4.01. The second-order valence-corrected chi connectivity index (χ2v) is 2.91. The molecule has 3 nitrogen and oxygen atoms in total. The predicted octanol–water partition coefficient (Wildman–Crippen LogP) is 0.991. The SMILES string of the molecule is CC(=O)N1CCc2cccnc21. The van der Waals surface area contributed by atoms with Gasteiger partial charge in [-0.05, 0) is 18.1 Å². The average molecular weight is 162 g/mol. The van der Waals surface area contributed by atoms with E-state index in [2.05, 4.69) is 4.98 Å². The summed E-state index contributed by atoms with van der Waals surface area (Å²) in [6.45, 7) is 2.35. The highest BCUT2D eigenvalue weighted by molar-refractivity contribution is 5.92. The average Bonchev–Trinajstić information content (AvgIpc) is 2.47. The van der Waals surface area contributed by atoms with Crippen molar-refractivity contribution in [1.82, 2.24) is 4.98 Å². The number of amides is 1. The van der Waals surface area contributed by atoms with E-state index in [0.717, 1.165) is 18.8 Å². The lowest BCUT2D eigenvalue weighted by atomic mass is 10.2. The minimum atomic E-state index is 0.0763. The Bertz CT molecular complexity index is 322. The number of pyridine rings is 1. The minimum absolute atomic E-state index is 0.0763. The van der Waals surface area contributed by atoms with Crippen LogP contribution in [0, 0.1) is 0 Å². The molecule has 3 heteroatoms. The van der Waals surface area contributed by atoms with Gasteiger partial charge >= 0.3 is 0 Å². The smallest absolute Gasteiger partial charge is 0.225 e. The van der Waals surface area contributed by atoms with Gasteiger partial charge in [0.05, 0.1) is 0 Å². The molecule has 1 amide bonds. The van der Waals surface area contributed by atoms with Crippen LogP contribution in [0.25, 0.3) is 0 Å². The lowest BCUT2D eigenvalue weighted by Gasteiger charge is -2.12. The van der Waals surface area contributed by atoms with Gasteiger partial charge in [0.15, 0.2) is 0 Å². The molecule has 1 aromatic rings. The van der Waals surface area contributed by atoms with Gasteiger partial charge in [0.25, 0.3) is 0 Å². The molecule has 0 saturated carbocycles. The van der Waals surface area contributed by atoms with Gasteiger partial charge in [-0.25, -0.2) is 4.98 Å². The molecule has 2 rings (SSSR count). The van der Waals surface area contributed by atoms with E-state index in [1.54, 1.807) is 18.0 Å². The number of anilines is 1. The molecular weight excluding hydrogens is 152 g/mol. The Morgan fingerprint density at radius 3 is 3.25 bits per heavy atom. The molecule has 0 spiro atoms. The normalized spacial score (nSPS) is 14.6. The molecule has 0 N–H and O–H groups in total. The molecule has 0 radical (unpaired) electrons. The van der Waals surface area contributed by atoms with Crippen LogP contribution in [0.2, 0.25) is 0 Å². The quantitative estimate of drug-likeness (QED) is 0.570. The van der Waals surface area contributed by atoms with Crippen molar-refractivity contribution in [3.8, 4) is 0 Å². The highest BCUT2D eigenvalue weighted by Gasteiger charge is 2.22. The molecule has 12 heavy (non-hydrogen) atoms. The topological polar surface area (TPSA) is 33.2 Å². The summed E-state index contributed by atoms with van der Waals surface area (Å²) < 4.78 is 0. The van der Waals surface area contributed by atoms with Crippen molar-refractivity contribution in [2.75, 3.05) is 11.4 Å². The van der Waals surface area contributed by atoms with Crippen molar-refractivity contribution in [2.45, 2.75) is 13.3 Å². The molecule has 0 fully saturated rings. The highest BCUT2D eigenvalue weighted by atomic mass is 16.2. The Morgan fingerprint density at radius 1 is 1.67 bits per heavy atom. The first-order valence-corrected chi connectivity index (χ1v) is 4.01. The molecule has 0 aliphatic carbocycles. The van der Waals surface area contributed by atoms with Crippen molar-refractivity contribution in [1.29, 1.82) is 0 Å². The van der Waals surface area contributed by atoms with Crippen LogP contribution in [0.15, 0.2) is 18.3 Å². The Balaban J connectivity index is 2.42. The van der Waals surface area contributed by atoms with Crippen molar-refractivity contribution >= 4 is 11.7 Å². The van der Waals surface area contributed by atoms with Crippen LogP contribution in [0.1, 0.15) is 12.5 Å². The third-order valence-electron chi connectivity index (χ3n) is 2.11. The summed E-state index contributed by atoms with van der Waals surface area (Å²) in [7, 11) is 0. The van der Waals surface area contributed by atoms with Gasteiger partial charge in [-0.15, -0.1) is 0 Å². The fourth-order valence-electron chi connectivity index (χ4n) is 1.51. The molecule has 0 aromatic carbocycles. The fourth-order valence-corrected chi connectivity index (χ4v) is 1.51. The van der Waals surface area contributed by atoms with E-state index in [1.807, 2.05) is 12.1 Å². The molecule has 2 heterocycles. The maximum atomic E-state index is 11.1. The Labute approximate surface area is 71.0 Å². The van der Waals surface area contributed by atoms with Crippen LogP contribution in [0.5, 0.6) is 0 Å². The molecule has 0 saturated heterocycles. The van der Waals surface area contributed by atoms with Crippen LogP contribution in [-0.2, 0) is 11.2 Å². The van der Waals surface area contributed by atoms with Gasteiger partial charge < -0.3 is 0 Å². The molecule has 1 aromatic heterocycles. The molecule has 62 valence electrons. The summed E-state index contributed by atoms with van der Waals surface area (Å²) in [5.41, 5.74) is 1.17. The van der Waals surface area contributed by atoms with Crippen molar-refractivity contribution < 1.29 is 4.79 Å². The third kappa shape index (κ3) is 0.978. The Morgan fingerprint density at radius 2 is 2.50 bits per heavy atom. The second-order valence-electron chi connectivity index (χ2n) is 2.91. The zero-order valence-electron chi connectivity index (χ0n) is 6.95. The fraction of sp³-hybridized carbons (Fsp3) is 0.333. The predicted molar refractivity (Wildman–Crippen MR) is 46.0 cm³/mol. The minimum Gasteiger partial charge on any atom is -0.297 e. The van der Waals surface area contributed by atoms with Crippen LogP contribution in [0.4, 0.5) is 5.82 Å². The highest BCUT2D eigenvalue weighted by Crippen LogP contribution is 2.24. The summed E-state index contributed by atoms with van der Waals surface area (Å²) in [5.74, 6) is 0.914. The molecule has 0 bridgehead atoms. The number of nitrogens with zero attached hydrogens (tertiary/aromatic N) is 2. The summed E-state index contributed by atoms with van der Waals surface area (Å²) in [5, 5.41) is 0. The van der Waals surface area contributed by atoms with Crippen LogP contribution >= 0.6 is 0 Å². The summed E-state index contributed by atoms with van der Waals surface area (Å²) in [4.78, 5) is 17.0. The summed E-state index contributed by atoms with van der Waals surface area (Å²) in [6, 6.07) is 3.92. The van der Waals surface area contributed by atoms with E-state index in [4.69, 9.17) is 0 Å². The van der Waals surface area contributed by atoms with Crippen molar-refractivity contribution in [3.05, 3.63) is 23.9 Å². The Kier molecular flexibility index (Phi) is 1.57. The van der Waals surface area contributed by atoms with Crippen molar-refractivity contribution in [3.63, 3.8) is 0 Å². The van der Waals surface area contributed by atoms with Gasteiger partial charge in [-0.3, -0.25) is 9.69 Å². The Hall–Kier alpha value is -1.38. The van der Waals surface area contributed by atoms with Gasteiger partial charge in [0, 0.05) is 19.7 Å². The molecule has 1 aliphatic rings. The van der Waals surface area contributed by atoms with E-state index in [-0.39, 0.29) is 5.91 Å².